The topological polar surface area (TPSA) is 30.5 Å². The van der Waals surface area contributed by atoms with E-state index >= 15 is 0 Å². The van der Waals surface area contributed by atoms with Crippen molar-refractivity contribution >= 4 is 9.28 Å². The van der Waals surface area contributed by atoms with Crippen molar-refractivity contribution < 1.29 is 8.85 Å². The normalized spacial score (nSPS) is 10.7. The van der Waals surface area contributed by atoms with Gasteiger partial charge in [0.2, 0.25) is 0 Å². The van der Waals surface area contributed by atoms with E-state index in [1.165, 1.54) is 12.8 Å². The zero-order valence-electron chi connectivity index (χ0n) is 8.71. The lowest BCUT2D eigenvalue weighted by atomic mass is 10.3. The lowest BCUT2D eigenvalue weighted by Gasteiger charge is -2.10. The summed E-state index contributed by atoms with van der Waals surface area (Å²) in [4.78, 5) is 0. The Kier molecular flexibility index (Phi) is 9.80. The molecule has 4 heteroatoms. The highest BCUT2D eigenvalue weighted by atomic mass is 28.3. The van der Waals surface area contributed by atoms with Gasteiger partial charge in [-0.3, -0.25) is 0 Å². The van der Waals surface area contributed by atoms with Crippen LogP contribution < -0.4 is 5.32 Å². The molecule has 0 aliphatic heterocycles. The van der Waals surface area contributed by atoms with Crippen LogP contribution in [0.4, 0.5) is 0 Å². The number of hydrogen-bond donors (Lipinski definition) is 1. The largest absolute Gasteiger partial charge is 0.400 e. The highest BCUT2D eigenvalue weighted by molar-refractivity contribution is 6.44. The number of unbranched alkanes of at least 4 members (excludes halogenated alkanes) is 1. The Bertz CT molecular complexity index is 118. The fraction of sp³-hybridized carbons (Fsp3) is 0.778. The summed E-state index contributed by atoms with van der Waals surface area (Å²) in [5.41, 5.74) is 0. The van der Waals surface area contributed by atoms with Gasteiger partial charge < -0.3 is 14.2 Å². The number of hydrogen-bond acceptors (Lipinski definition) is 3. The van der Waals surface area contributed by atoms with Gasteiger partial charge in [0.15, 0.2) is 0 Å². The molecule has 3 nitrogen and oxygen atoms in total. The molecule has 0 amide bonds. The lowest BCUT2D eigenvalue weighted by Crippen LogP contribution is -2.20. The predicted octanol–water partition coefficient (Wildman–Crippen LogP) is 1.06. The minimum Gasteiger partial charge on any atom is -0.400 e. The first kappa shape index (κ1) is 12.8. The molecule has 0 unspecified atom stereocenters. The first-order valence-electron chi connectivity index (χ1n) is 4.72. The van der Waals surface area contributed by atoms with Gasteiger partial charge in [0.05, 0.1) is 0 Å². The zero-order chi connectivity index (χ0) is 9.94. The van der Waals surface area contributed by atoms with Gasteiger partial charge in [-0.25, -0.2) is 0 Å². The third-order valence-corrected chi connectivity index (χ3v) is 3.79. The maximum absolute atomic E-state index is 5.21. The molecule has 0 aliphatic carbocycles. The number of rotatable bonds is 9. The summed E-state index contributed by atoms with van der Waals surface area (Å²) in [6.07, 6.45) is 4.24. The van der Waals surface area contributed by atoms with Crippen LogP contribution in [0.15, 0.2) is 12.7 Å². The second-order valence-corrected chi connectivity index (χ2v) is 5.27. The second-order valence-electron chi connectivity index (χ2n) is 2.89. The van der Waals surface area contributed by atoms with Crippen molar-refractivity contribution in [2.24, 2.45) is 0 Å². The molecule has 0 aromatic carbocycles. The highest BCUT2D eigenvalue weighted by Gasteiger charge is 2.07. The van der Waals surface area contributed by atoms with Crippen LogP contribution in [0.5, 0.6) is 0 Å². The van der Waals surface area contributed by atoms with Crippen molar-refractivity contribution in [3.05, 3.63) is 12.7 Å². The van der Waals surface area contributed by atoms with Gasteiger partial charge in [-0.15, -0.1) is 6.58 Å². The Morgan fingerprint density at radius 2 is 2.00 bits per heavy atom. The molecule has 0 rings (SSSR count). The van der Waals surface area contributed by atoms with Crippen LogP contribution in [0.3, 0.4) is 0 Å². The van der Waals surface area contributed by atoms with Crippen LogP contribution in [0.2, 0.25) is 6.04 Å². The molecule has 0 radical (unpaired) electrons. The Labute approximate surface area is 83.0 Å². The van der Waals surface area contributed by atoms with E-state index in [9.17, 15) is 0 Å². The molecule has 0 aliphatic rings. The van der Waals surface area contributed by atoms with Crippen molar-refractivity contribution in [2.75, 3.05) is 27.3 Å². The quantitative estimate of drug-likeness (QED) is 0.345. The summed E-state index contributed by atoms with van der Waals surface area (Å²) in [6, 6.07) is 1.10. The van der Waals surface area contributed by atoms with Crippen LogP contribution in [-0.4, -0.2) is 36.6 Å². The van der Waals surface area contributed by atoms with Crippen molar-refractivity contribution in [1.29, 1.82) is 0 Å². The van der Waals surface area contributed by atoms with Crippen LogP contribution in [0.25, 0.3) is 0 Å². The summed E-state index contributed by atoms with van der Waals surface area (Å²) < 4.78 is 10.4. The average Bonchev–Trinajstić information content (AvgIpc) is 2.17. The Morgan fingerprint density at radius 3 is 2.54 bits per heavy atom. The summed E-state index contributed by atoms with van der Waals surface area (Å²) in [6.45, 7) is 5.59. The molecule has 0 heterocycles. The first-order valence-corrected chi connectivity index (χ1v) is 6.48. The third-order valence-electron chi connectivity index (χ3n) is 1.86. The van der Waals surface area contributed by atoms with E-state index < -0.39 is 9.28 Å². The second kappa shape index (κ2) is 9.92. The summed E-state index contributed by atoms with van der Waals surface area (Å²) in [5.74, 6) is 0. The third kappa shape index (κ3) is 8.17. The fourth-order valence-corrected chi connectivity index (χ4v) is 2.38. The molecule has 0 bridgehead atoms. The summed E-state index contributed by atoms with van der Waals surface area (Å²) >= 11 is 0. The fourth-order valence-electron chi connectivity index (χ4n) is 1.10. The molecule has 0 saturated heterocycles. The van der Waals surface area contributed by atoms with Crippen LogP contribution in [-0.2, 0) is 8.85 Å². The molecule has 0 atom stereocenters. The van der Waals surface area contributed by atoms with Gasteiger partial charge in [0.25, 0.3) is 0 Å². The Morgan fingerprint density at radius 1 is 1.31 bits per heavy atom. The van der Waals surface area contributed by atoms with Crippen molar-refractivity contribution in [3.8, 4) is 0 Å². The highest BCUT2D eigenvalue weighted by Crippen LogP contribution is 2.01. The van der Waals surface area contributed by atoms with Crippen molar-refractivity contribution in [2.45, 2.75) is 18.9 Å². The average molecular weight is 203 g/mol. The molecule has 0 spiro atoms. The predicted molar refractivity (Wildman–Crippen MR) is 58.3 cm³/mol. The molecule has 0 saturated carbocycles. The lowest BCUT2D eigenvalue weighted by molar-refractivity contribution is 0.276. The smallest absolute Gasteiger partial charge is 0.320 e. The van der Waals surface area contributed by atoms with Gasteiger partial charge in [0.1, 0.15) is 0 Å². The van der Waals surface area contributed by atoms with E-state index in [2.05, 4.69) is 11.9 Å². The summed E-state index contributed by atoms with van der Waals surface area (Å²) in [7, 11) is 2.17. The standard InChI is InChI=1S/C9H21NO2Si/c1-4-7-10-8-5-6-9-13(11-2)12-3/h4,10,13H,1,5-9H2,2-3H3. The van der Waals surface area contributed by atoms with Crippen molar-refractivity contribution in [1.82, 2.24) is 5.32 Å². The van der Waals surface area contributed by atoms with E-state index in [1.54, 1.807) is 14.2 Å². The van der Waals surface area contributed by atoms with Crippen molar-refractivity contribution in [3.63, 3.8) is 0 Å². The van der Waals surface area contributed by atoms with E-state index in [0.29, 0.717) is 0 Å². The molecular formula is C9H21NO2Si. The molecular weight excluding hydrogens is 182 g/mol. The maximum Gasteiger partial charge on any atom is 0.320 e. The zero-order valence-corrected chi connectivity index (χ0v) is 9.87. The minimum absolute atomic E-state index is 0.898. The number of nitrogens with one attached hydrogen (secondary N) is 1. The first-order chi connectivity index (χ1) is 6.35. The van der Waals surface area contributed by atoms with E-state index in [4.69, 9.17) is 8.85 Å². The molecule has 13 heavy (non-hydrogen) atoms. The SMILES string of the molecule is C=CCNCCCC[SiH](OC)OC. The van der Waals surface area contributed by atoms with E-state index in [-0.39, 0.29) is 0 Å². The van der Waals surface area contributed by atoms with Crippen LogP contribution in [0, 0.1) is 0 Å². The molecule has 0 aromatic rings. The minimum atomic E-state index is -1.30. The molecule has 1 N–H and O–H groups in total. The van der Waals surface area contributed by atoms with E-state index in [1.807, 2.05) is 6.08 Å². The van der Waals surface area contributed by atoms with E-state index in [0.717, 1.165) is 19.1 Å². The summed E-state index contributed by atoms with van der Waals surface area (Å²) in [5, 5.41) is 3.26. The maximum atomic E-state index is 5.21. The molecule has 0 aromatic heterocycles. The Hall–Kier alpha value is -0.163. The molecule has 78 valence electrons. The van der Waals surface area contributed by atoms with Crippen LogP contribution in [0.1, 0.15) is 12.8 Å². The van der Waals surface area contributed by atoms with Crippen LogP contribution >= 0.6 is 0 Å². The van der Waals surface area contributed by atoms with Gasteiger partial charge in [-0.1, -0.05) is 12.5 Å². The van der Waals surface area contributed by atoms with Gasteiger partial charge in [-0.2, -0.15) is 0 Å². The van der Waals surface area contributed by atoms with Gasteiger partial charge >= 0.3 is 9.28 Å². The monoisotopic (exact) mass is 203 g/mol. The molecule has 0 fully saturated rings. The van der Waals surface area contributed by atoms with Gasteiger partial charge in [-0.05, 0) is 19.0 Å². The Balaban J connectivity index is 3.09. The van der Waals surface area contributed by atoms with Gasteiger partial charge in [0, 0.05) is 20.8 Å².